The summed E-state index contributed by atoms with van der Waals surface area (Å²) in [6, 6.07) is 9.01. The summed E-state index contributed by atoms with van der Waals surface area (Å²) in [7, 11) is 0. The molecule has 1 aromatic carbocycles. The smallest absolute Gasteiger partial charge is 0.137 e. The Morgan fingerprint density at radius 3 is 2.67 bits per heavy atom. The van der Waals surface area contributed by atoms with E-state index in [0.29, 0.717) is 12.0 Å². The largest absolute Gasteiger partial charge is 0.459 e. The molecule has 0 aliphatic heterocycles. The van der Waals surface area contributed by atoms with Crippen LogP contribution in [0.25, 0.3) is 11.0 Å². The molecule has 1 saturated carbocycles. The van der Waals surface area contributed by atoms with Gasteiger partial charge in [0.15, 0.2) is 0 Å². The van der Waals surface area contributed by atoms with Gasteiger partial charge in [-0.05, 0) is 49.8 Å². The van der Waals surface area contributed by atoms with Gasteiger partial charge in [-0.2, -0.15) is 0 Å². The van der Waals surface area contributed by atoms with Crippen molar-refractivity contribution >= 4 is 11.0 Å². The van der Waals surface area contributed by atoms with E-state index in [2.05, 4.69) is 50.4 Å². The molecule has 1 aliphatic carbocycles. The molecule has 1 heterocycles. The summed E-state index contributed by atoms with van der Waals surface area (Å²) in [5, 5.41) is 4.90. The number of benzene rings is 1. The lowest BCUT2D eigenvalue weighted by Gasteiger charge is -2.32. The fourth-order valence-corrected chi connectivity index (χ4v) is 3.72. The average Bonchev–Trinajstić information content (AvgIpc) is 2.91. The highest BCUT2D eigenvalue weighted by Gasteiger charge is 2.29. The van der Waals surface area contributed by atoms with Gasteiger partial charge in [0, 0.05) is 5.39 Å². The Labute approximate surface area is 127 Å². The second-order valence-electron chi connectivity index (χ2n) is 6.70. The van der Waals surface area contributed by atoms with Crippen LogP contribution in [0.4, 0.5) is 0 Å². The number of para-hydroxylation sites is 1. The number of aryl methyl sites for hydroxylation is 1. The van der Waals surface area contributed by atoms with E-state index < -0.39 is 0 Å². The zero-order valence-corrected chi connectivity index (χ0v) is 13.5. The van der Waals surface area contributed by atoms with Crippen molar-refractivity contribution in [3.8, 4) is 0 Å². The van der Waals surface area contributed by atoms with E-state index in [1.54, 1.807) is 0 Å². The third-order valence-corrected chi connectivity index (χ3v) is 5.02. The number of rotatable bonds is 4. The highest BCUT2D eigenvalue weighted by atomic mass is 16.3. The Bertz CT molecular complexity index is 593. The van der Waals surface area contributed by atoms with Gasteiger partial charge in [0.2, 0.25) is 0 Å². The van der Waals surface area contributed by atoms with Gasteiger partial charge < -0.3 is 9.73 Å². The summed E-state index contributed by atoms with van der Waals surface area (Å²) in [6.45, 7) is 7.68. The van der Waals surface area contributed by atoms with E-state index in [-0.39, 0.29) is 0 Å². The standard InChI is InChI=1S/C19H27NO/c1-4-20-18(15-10-8-13(2)9-11-15)17-12-16-7-5-6-14(3)19(16)21-17/h5-7,12-13,15,18,20H,4,8-11H2,1-3H3. The quantitative estimate of drug-likeness (QED) is 0.833. The summed E-state index contributed by atoms with van der Waals surface area (Å²) in [5.41, 5.74) is 2.28. The van der Waals surface area contributed by atoms with Gasteiger partial charge in [-0.15, -0.1) is 0 Å². The van der Waals surface area contributed by atoms with Crippen molar-refractivity contribution in [3.63, 3.8) is 0 Å². The zero-order chi connectivity index (χ0) is 14.8. The topological polar surface area (TPSA) is 25.2 Å². The number of hydrogen-bond acceptors (Lipinski definition) is 2. The molecule has 2 aromatic rings. The number of fused-ring (bicyclic) bond motifs is 1. The summed E-state index contributed by atoms with van der Waals surface area (Å²) in [4.78, 5) is 0. The molecule has 3 rings (SSSR count). The zero-order valence-electron chi connectivity index (χ0n) is 13.5. The fraction of sp³-hybridized carbons (Fsp3) is 0.579. The Morgan fingerprint density at radius 1 is 1.24 bits per heavy atom. The first kappa shape index (κ1) is 14.6. The summed E-state index contributed by atoms with van der Waals surface area (Å²) >= 11 is 0. The fourth-order valence-electron chi connectivity index (χ4n) is 3.72. The van der Waals surface area contributed by atoms with Crippen LogP contribution in [0, 0.1) is 18.8 Å². The molecule has 2 nitrogen and oxygen atoms in total. The first-order valence-electron chi connectivity index (χ1n) is 8.41. The highest BCUT2D eigenvalue weighted by molar-refractivity contribution is 5.81. The maximum atomic E-state index is 6.23. The summed E-state index contributed by atoms with van der Waals surface area (Å²) in [5.74, 6) is 2.73. The first-order valence-corrected chi connectivity index (χ1v) is 8.41. The molecule has 0 radical (unpaired) electrons. The van der Waals surface area contributed by atoms with Crippen molar-refractivity contribution in [1.29, 1.82) is 0 Å². The Morgan fingerprint density at radius 2 is 2.00 bits per heavy atom. The van der Waals surface area contributed by atoms with Crippen molar-refractivity contribution in [3.05, 3.63) is 35.6 Å². The van der Waals surface area contributed by atoms with Gasteiger partial charge in [0.1, 0.15) is 11.3 Å². The molecular formula is C19H27NO. The molecule has 1 atom stereocenters. The van der Waals surface area contributed by atoms with Crippen LogP contribution < -0.4 is 5.32 Å². The minimum absolute atomic E-state index is 0.370. The SMILES string of the molecule is CCNC(c1cc2cccc(C)c2o1)C1CCC(C)CC1. The summed E-state index contributed by atoms with van der Waals surface area (Å²) < 4.78 is 6.23. The Kier molecular flexibility index (Phi) is 4.34. The minimum Gasteiger partial charge on any atom is -0.459 e. The molecule has 114 valence electrons. The third kappa shape index (κ3) is 3.01. The molecule has 1 fully saturated rings. The second-order valence-corrected chi connectivity index (χ2v) is 6.70. The Hall–Kier alpha value is -1.28. The maximum Gasteiger partial charge on any atom is 0.137 e. The molecule has 1 N–H and O–H groups in total. The van der Waals surface area contributed by atoms with E-state index in [1.165, 1.54) is 36.6 Å². The van der Waals surface area contributed by atoms with Crippen LogP contribution in [-0.4, -0.2) is 6.54 Å². The number of hydrogen-bond donors (Lipinski definition) is 1. The van der Waals surface area contributed by atoms with Crippen molar-refractivity contribution in [2.75, 3.05) is 6.54 Å². The van der Waals surface area contributed by atoms with Crippen molar-refractivity contribution in [2.45, 2.75) is 52.5 Å². The predicted octanol–water partition coefficient (Wildman–Crippen LogP) is 5.22. The minimum atomic E-state index is 0.370. The van der Waals surface area contributed by atoms with Crippen LogP contribution in [0.5, 0.6) is 0 Å². The van der Waals surface area contributed by atoms with Crippen LogP contribution in [0.1, 0.15) is 56.9 Å². The summed E-state index contributed by atoms with van der Waals surface area (Å²) in [6.07, 6.45) is 5.33. The molecule has 1 unspecified atom stereocenters. The normalized spacial score (nSPS) is 24.3. The van der Waals surface area contributed by atoms with Crippen LogP contribution in [0.2, 0.25) is 0 Å². The number of furan rings is 1. The molecule has 0 saturated heterocycles. The molecular weight excluding hydrogens is 258 g/mol. The van der Waals surface area contributed by atoms with Crippen LogP contribution in [0.3, 0.4) is 0 Å². The highest BCUT2D eigenvalue weighted by Crippen LogP contribution is 2.38. The van der Waals surface area contributed by atoms with Gasteiger partial charge in [0.05, 0.1) is 6.04 Å². The molecule has 2 heteroatoms. The van der Waals surface area contributed by atoms with Crippen molar-refractivity contribution in [2.24, 2.45) is 11.8 Å². The van der Waals surface area contributed by atoms with Gasteiger partial charge in [-0.3, -0.25) is 0 Å². The molecule has 21 heavy (non-hydrogen) atoms. The van der Waals surface area contributed by atoms with Crippen LogP contribution in [-0.2, 0) is 0 Å². The van der Waals surface area contributed by atoms with Gasteiger partial charge >= 0.3 is 0 Å². The maximum absolute atomic E-state index is 6.23. The van der Waals surface area contributed by atoms with Gasteiger partial charge in [-0.1, -0.05) is 44.9 Å². The third-order valence-electron chi connectivity index (χ3n) is 5.02. The molecule has 0 spiro atoms. The second kappa shape index (κ2) is 6.23. The monoisotopic (exact) mass is 285 g/mol. The molecule has 0 bridgehead atoms. The lowest BCUT2D eigenvalue weighted by Crippen LogP contribution is -2.30. The lowest BCUT2D eigenvalue weighted by molar-refractivity contribution is 0.216. The Balaban J connectivity index is 1.89. The van der Waals surface area contributed by atoms with Crippen LogP contribution in [0.15, 0.2) is 28.7 Å². The molecule has 1 aromatic heterocycles. The average molecular weight is 285 g/mol. The van der Waals surface area contributed by atoms with E-state index in [1.807, 2.05) is 0 Å². The van der Waals surface area contributed by atoms with E-state index in [9.17, 15) is 0 Å². The van der Waals surface area contributed by atoms with Gasteiger partial charge in [-0.25, -0.2) is 0 Å². The number of nitrogens with one attached hydrogen (secondary N) is 1. The predicted molar refractivity (Wildman–Crippen MR) is 88.5 cm³/mol. The first-order chi connectivity index (χ1) is 10.2. The van der Waals surface area contributed by atoms with Crippen molar-refractivity contribution in [1.82, 2.24) is 5.32 Å². The van der Waals surface area contributed by atoms with Crippen molar-refractivity contribution < 1.29 is 4.42 Å². The van der Waals surface area contributed by atoms with E-state index >= 15 is 0 Å². The van der Waals surface area contributed by atoms with Gasteiger partial charge in [0.25, 0.3) is 0 Å². The lowest BCUT2D eigenvalue weighted by atomic mass is 9.78. The molecule has 0 amide bonds. The van der Waals surface area contributed by atoms with Crippen LogP contribution >= 0.6 is 0 Å². The van der Waals surface area contributed by atoms with E-state index in [0.717, 1.165) is 23.8 Å². The molecule has 1 aliphatic rings. The van der Waals surface area contributed by atoms with E-state index in [4.69, 9.17) is 4.42 Å².